The van der Waals surface area contributed by atoms with E-state index < -0.39 is 0 Å². The Hall–Kier alpha value is -1.09. The van der Waals surface area contributed by atoms with Crippen molar-refractivity contribution in [2.24, 2.45) is 5.73 Å². The van der Waals surface area contributed by atoms with Gasteiger partial charge in [0.2, 0.25) is 0 Å². The number of aromatic nitrogens is 1. The minimum atomic E-state index is 0.276. The highest BCUT2D eigenvalue weighted by Gasteiger charge is 2.12. The summed E-state index contributed by atoms with van der Waals surface area (Å²) in [5, 5.41) is 0. The number of nitrogens with zero attached hydrogens (tertiary/aromatic N) is 2. The van der Waals surface area contributed by atoms with Crippen LogP contribution in [-0.4, -0.2) is 24.1 Å². The molecule has 1 aromatic heterocycles. The first-order valence-electron chi connectivity index (χ1n) is 6.21. The molecule has 0 bridgehead atoms. The van der Waals surface area contributed by atoms with Gasteiger partial charge in [-0.1, -0.05) is 6.07 Å². The lowest BCUT2D eigenvalue weighted by atomic mass is 10.1. The molecule has 1 saturated heterocycles. The molecule has 0 aromatic carbocycles. The second-order valence-corrected chi connectivity index (χ2v) is 4.73. The Bertz CT molecular complexity index is 312. The van der Waals surface area contributed by atoms with Crippen LogP contribution < -0.4 is 10.6 Å². The van der Waals surface area contributed by atoms with Crippen LogP contribution in [0.1, 0.15) is 31.7 Å². The molecule has 16 heavy (non-hydrogen) atoms. The first kappa shape index (κ1) is 11.4. The molecule has 3 nitrogen and oxygen atoms in total. The average molecular weight is 219 g/mol. The van der Waals surface area contributed by atoms with Gasteiger partial charge in [0.1, 0.15) is 5.82 Å². The van der Waals surface area contributed by atoms with Gasteiger partial charge in [-0.25, -0.2) is 4.98 Å². The Morgan fingerprint density at radius 1 is 1.38 bits per heavy atom. The lowest BCUT2D eigenvalue weighted by molar-refractivity contribution is 0.665. The molecule has 0 spiro atoms. The van der Waals surface area contributed by atoms with E-state index in [1.54, 1.807) is 0 Å². The standard InChI is InChI=1S/C13H21N3/c1-11(14)4-5-12-6-7-13(15-10-12)16-8-2-3-9-16/h6-7,10-11H,2-5,8-9,14H2,1H3/t11-/m1/s1. The highest BCUT2D eigenvalue weighted by atomic mass is 15.2. The maximum Gasteiger partial charge on any atom is 0.128 e. The summed E-state index contributed by atoms with van der Waals surface area (Å²) in [6.07, 6.45) is 6.66. The Kier molecular flexibility index (Phi) is 3.78. The van der Waals surface area contributed by atoms with E-state index >= 15 is 0 Å². The smallest absolute Gasteiger partial charge is 0.128 e. The number of aryl methyl sites for hydroxylation is 1. The van der Waals surface area contributed by atoms with Crippen LogP contribution >= 0.6 is 0 Å². The molecular formula is C13H21N3. The molecule has 1 atom stereocenters. The van der Waals surface area contributed by atoms with Crippen LogP contribution in [0.2, 0.25) is 0 Å². The van der Waals surface area contributed by atoms with Gasteiger partial charge in [0.25, 0.3) is 0 Å². The zero-order valence-corrected chi connectivity index (χ0v) is 10.0. The van der Waals surface area contributed by atoms with Crippen molar-refractivity contribution in [2.75, 3.05) is 18.0 Å². The average Bonchev–Trinajstić information content (AvgIpc) is 2.80. The van der Waals surface area contributed by atoms with Gasteiger partial charge in [-0.15, -0.1) is 0 Å². The maximum absolute atomic E-state index is 5.74. The van der Waals surface area contributed by atoms with E-state index in [-0.39, 0.29) is 6.04 Å². The Morgan fingerprint density at radius 3 is 2.69 bits per heavy atom. The summed E-state index contributed by atoms with van der Waals surface area (Å²) < 4.78 is 0. The molecule has 0 unspecified atom stereocenters. The number of nitrogens with two attached hydrogens (primary N) is 1. The Morgan fingerprint density at radius 2 is 2.12 bits per heavy atom. The van der Waals surface area contributed by atoms with Gasteiger partial charge >= 0.3 is 0 Å². The van der Waals surface area contributed by atoms with Crippen LogP contribution in [0.4, 0.5) is 5.82 Å². The summed E-state index contributed by atoms with van der Waals surface area (Å²) in [7, 11) is 0. The van der Waals surface area contributed by atoms with E-state index in [9.17, 15) is 0 Å². The number of rotatable bonds is 4. The summed E-state index contributed by atoms with van der Waals surface area (Å²) in [5.74, 6) is 1.13. The van der Waals surface area contributed by atoms with Gasteiger partial charge in [-0.3, -0.25) is 0 Å². The predicted octanol–water partition coefficient (Wildman–Crippen LogP) is 1.96. The van der Waals surface area contributed by atoms with E-state index in [0.29, 0.717) is 0 Å². The Balaban J connectivity index is 1.93. The van der Waals surface area contributed by atoms with Crippen molar-refractivity contribution in [1.82, 2.24) is 4.98 Å². The SMILES string of the molecule is C[C@@H](N)CCc1ccc(N2CCCC2)nc1. The van der Waals surface area contributed by atoms with Crippen molar-refractivity contribution < 1.29 is 0 Å². The summed E-state index contributed by atoms with van der Waals surface area (Å²) in [5.41, 5.74) is 7.03. The predicted molar refractivity (Wildman–Crippen MR) is 67.7 cm³/mol. The molecule has 0 radical (unpaired) electrons. The minimum absolute atomic E-state index is 0.276. The van der Waals surface area contributed by atoms with Crippen LogP contribution in [0, 0.1) is 0 Å². The quantitative estimate of drug-likeness (QED) is 0.841. The number of hydrogen-bond donors (Lipinski definition) is 1. The first-order chi connectivity index (χ1) is 7.75. The van der Waals surface area contributed by atoms with Gasteiger partial charge in [0.15, 0.2) is 0 Å². The van der Waals surface area contributed by atoms with Crippen LogP contribution in [-0.2, 0) is 6.42 Å². The summed E-state index contributed by atoms with van der Waals surface area (Å²) in [6, 6.07) is 4.60. The van der Waals surface area contributed by atoms with Crippen LogP contribution in [0.25, 0.3) is 0 Å². The van der Waals surface area contributed by atoms with E-state index in [1.165, 1.54) is 18.4 Å². The topological polar surface area (TPSA) is 42.1 Å². The van der Waals surface area contributed by atoms with Crippen LogP contribution in [0.3, 0.4) is 0 Å². The Labute approximate surface area is 97.7 Å². The summed E-state index contributed by atoms with van der Waals surface area (Å²) in [4.78, 5) is 6.88. The minimum Gasteiger partial charge on any atom is -0.357 e. The van der Waals surface area contributed by atoms with E-state index in [0.717, 1.165) is 31.7 Å². The van der Waals surface area contributed by atoms with Gasteiger partial charge in [-0.05, 0) is 44.2 Å². The molecule has 1 aliphatic rings. The fourth-order valence-electron chi connectivity index (χ4n) is 2.09. The monoisotopic (exact) mass is 219 g/mol. The van der Waals surface area contributed by atoms with Crippen LogP contribution in [0.15, 0.2) is 18.3 Å². The largest absolute Gasteiger partial charge is 0.357 e. The third-order valence-corrected chi connectivity index (χ3v) is 3.13. The second kappa shape index (κ2) is 5.30. The normalized spacial score (nSPS) is 17.8. The van der Waals surface area contributed by atoms with Gasteiger partial charge in [0.05, 0.1) is 0 Å². The van der Waals surface area contributed by atoms with E-state index in [2.05, 4.69) is 22.0 Å². The number of anilines is 1. The third kappa shape index (κ3) is 2.95. The molecular weight excluding hydrogens is 198 g/mol. The fourth-order valence-corrected chi connectivity index (χ4v) is 2.09. The van der Waals surface area contributed by atoms with Crippen LogP contribution in [0.5, 0.6) is 0 Å². The lowest BCUT2D eigenvalue weighted by Crippen LogP contribution is -2.19. The summed E-state index contributed by atoms with van der Waals surface area (Å²) in [6.45, 7) is 4.37. The van der Waals surface area contributed by atoms with Crippen molar-refractivity contribution in [3.05, 3.63) is 23.9 Å². The molecule has 0 aliphatic carbocycles. The van der Waals surface area contributed by atoms with Crippen molar-refractivity contribution >= 4 is 5.82 Å². The number of hydrogen-bond acceptors (Lipinski definition) is 3. The molecule has 1 fully saturated rings. The molecule has 3 heteroatoms. The summed E-state index contributed by atoms with van der Waals surface area (Å²) >= 11 is 0. The zero-order valence-electron chi connectivity index (χ0n) is 10.0. The molecule has 88 valence electrons. The van der Waals surface area contributed by atoms with Crippen molar-refractivity contribution in [2.45, 2.75) is 38.6 Å². The van der Waals surface area contributed by atoms with Crippen molar-refractivity contribution in [1.29, 1.82) is 0 Å². The van der Waals surface area contributed by atoms with Gasteiger partial charge < -0.3 is 10.6 Å². The first-order valence-corrected chi connectivity index (χ1v) is 6.21. The van der Waals surface area contributed by atoms with E-state index in [4.69, 9.17) is 5.73 Å². The molecule has 2 rings (SSSR count). The second-order valence-electron chi connectivity index (χ2n) is 4.73. The van der Waals surface area contributed by atoms with Gasteiger partial charge in [-0.2, -0.15) is 0 Å². The molecule has 0 amide bonds. The van der Waals surface area contributed by atoms with Gasteiger partial charge in [0, 0.05) is 25.3 Å². The molecule has 2 heterocycles. The highest BCUT2D eigenvalue weighted by molar-refractivity contribution is 5.40. The fraction of sp³-hybridized carbons (Fsp3) is 0.615. The number of pyridine rings is 1. The molecule has 1 aliphatic heterocycles. The molecule has 0 saturated carbocycles. The maximum atomic E-state index is 5.74. The zero-order chi connectivity index (χ0) is 11.4. The molecule has 1 aromatic rings. The van der Waals surface area contributed by atoms with E-state index in [1.807, 2.05) is 13.1 Å². The highest BCUT2D eigenvalue weighted by Crippen LogP contribution is 2.17. The molecule has 2 N–H and O–H groups in total. The third-order valence-electron chi connectivity index (χ3n) is 3.13. The van der Waals surface area contributed by atoms with Crippen molar-refractivity contribution in [3.8, 4) is 0 Å². The van der Waals surface area contributed by atoms with Crippen molar-refractivity contribution in [3.63, 3.8) is 0 Å². The lowest BCUT2D eigenvalue weighted by Gasteiger charge is -2.16.